The lowest BCUT2D eigenvalue weighted by Crippen LogP contribution is -2.41. The van der Waals surface area contributed by atoms with Crippen LogP contribution in [0.15, 0.2) is 22.9 Å². The SMILES string of the molecule is NCc1nc(C(=O)NCC2(c3cccs3)CCCCC2)cs1. The Kier molecular flexibility index (Phi) is 4.90. The number of nitrogens with zero attached hydrogens (tertiary/aromatic N) is 1. The molecule has 1 fully saturated rings. The van der Waals surface area contributed by atoms with Crippen LogP contribution in [0, 0.1) is 0 Å². The smallest absolute Gasteiger partial charge is 0.270 e. The lowest BCUT2D eigenvalue weighted by molar-refractivity contribution is 0.0932. The second-order valence-electron chi connectivity index (χ2n) is 5.83. The summed E-state index contributed by atoms with van der Waals surface area (Å²) in [6, 6.07) is 4.31. The quantitative estimate of drug-likeness (QED) is 0.881. The van der Waals surface area contributed by atoms with Crippen molar-refractivity contribution in [3.05, 3.63) is 38.5 Å². The number of hydrogen-bond acceptors (Lipinski definition) is 5. The lowest BCUT2D eigenvalue weighted by Gasteiger charge is -2.36. The minimum atomic E-state index is -0.0857. The van der Waals surface area contributed by atoms with Gasteiger partial charge in [-0.1, -0.05) is 25.3 Å². The summed E-state index contributed by atoms with van der Waals surface area (Å²) in [7, 11) is 0. The standard InChI is InChI=1S/C16H21N3OS2/c17-9-14-19-12(10-22-14)15(20)18-11-16(6-2-1-3-7-16)13-5-4-8-21-13/h4-5,8,10H,1-3,6-7,9,11,17H2,(H,18,20). The summed E-state index contributed by atoms with van der Waals surface area (Å²) >= 11 is 3.24. The minimum absolute atomic E-state index is 0.0857. The number of thiazole rings is 1. The van der Waals surface area contributed by atoms with Gasteiger partial charge in [0.1, 0.15) is 10.7 Å². The van der Waals surface area contributed by atoms with Crippen molar-refractivity contribution in [2.45, 2.75) is 44.1 Å². The van der Waals surface area contributed by atoms with Gasteiger partial charge in [0.15, 0.2) is 0 Å². The van der Waals surface area contributed by atoms with E-state index in [1.165, 1.54) is 35.5 Å². The number of thiophene rings is 1. The molecule has 1 amide bonds. The van der Waals surface area contributed by atoms with E-state index in [-0.39, 0.29) is 11.3 Å². The van der Waals surface area contributed by atoms with Crippen molar-refractivity contribution in [3.63, 3.8) is 0 Å². The van der Waals surface area contributed by atoms with Gasteiger partial charge in [0.25, 0.3) is 5.91 Å². The monoisotopic (exact) mass is 335 g/mol. The minimum Gasteiger partial charge on any atom is -0.350 e. The van der Waals surface area contributed by atoms with Crippen LogP contribution in [0.2, 0.25) is 0 Å². The van der Waals surface area contributed by atoms with Gasteiger partial charge in [0.2, 0.25) is 0 Å². The third-order valence-electron chi connectivity index (χ3n) is 4.40. The molecule has 4 nitrogen and oxygen atoms in total. The van der Waals surface area contributed by atoms with Crippen LogP contribution in [0.3, 0.4) is 0 Å². The first-order valence-electron chi connectivity index (χ1n) is 7.70. The van der Waals surface area contributed by atoms with E-state index >= 15 is 0 Å². The average molecular weight is 335 g/mol. The summed E-state index contributed by atoms with van der Waals surface area (Å²) in [6.07, 6.45) is 6.08. The Bertz CT molecular complexity index is 615. The molecule has 2 aromatic heterocycles. The number of hydrogen-bond donors (Lipinski definition) is 2. The zero-order valence-corrected chi connectivity index (χ0v) is 14.1. The molecule has 0 unspecified atom stereocenters. The molecular weight excluding hydrogens is 314 g/mol. The van der Waals surface area contributed by atoms with E-state index in [1.807, 2.05) is 0 Å². The summed E-state index contributed by atoms with van der Waals surface area (Å²) in [6.45, 7) is 1.08. The van der Waals surface area contributed by atoms with Gasteiger partial charge in [-0.25, -0.2) is 4.98 Å². The molecular formula is C16H21N3OS2. The maximum absolute atomic E-state index is 12.3. The Morgan fingerprint density at radius 3 is 2.77 bits per heavy atom. The predicted octanol–water partition coefficient (Wildman–Crippen LogP) is 3.30. The Morgan fingerprint density at radius 1 is 1.32 bits per heavy atom. The van der Waals surface area contributed by atoms with Gasteiger partial charge >= 0.3 is 0 Å². The Labute approximate surface area is 138 Å². The van der Waals surface area contributed by atoms with Crippen LogP contribution in [0.1, 0.15) is 52.5 Å². The van der Waals surface area contributed by atoms with Gasteiger partial charge < -0.3 is 11.1 Å². The highest BCUT2D eigenvalue weighted by molar-refractivity contribution is 7.10. The summed E-state index contributed by atoms with van der Waals surface area (Å²) in [4.78, 5) is 18.0. The number of aromatic nitrogens is 1. The Hall–Kier alpha value is -1.24. The van der Waals surface area contributed by atoms with Crippen molar-refractivity contribution < 1.29 is 4.79 Å². The van der Waals surface area contributed by atoms with Gasteiger partial charge in [-0.15, -0.1) is 22.7 Å². The highest BCUT2D eigenvalue weighted by Gasteiger charge is 2.35. The number of carbonyl (C=O) groups is 1. The zero-order valence-electron chi connectivity index (χ0n) is 12.5. The summed E-state index contributed by atoms with van der Waals surface area (Å²) in [5.41, 5.74) is 6.15. The second kappa shape index (κ2) is 6.89. The molecule has 0 aromatic carbocycles. The molecule has 118 valence electrons. The number of amides is 1. The van der Waals surface area contributed by atoms with Crippen LogP contribution in [0.5, 0.6) is 0 Å². The van der Waals surface area contributed by atoms with E-state index in [1.54, 1.807) is 16.7 Å². The molecule has 2 aromatic rings. The summed E-state index contributed by atoms with van der Waals surface area (Å²) in [5.74, 6) is -0.0857. The van der Waals surface area contributed by atoms with Gasteiger partial charge in [-0.3, -0.25) is 4.79 Å². The average Bonchev–Trinajstić information content (AvgIpc) is 3.24. The third-order valence-corrected chi connectivity index (χ3v) is 6.39. The van der Waals surface area contributed by atoms with E-state index in [9.17, 15) is 4.79 Å². The fraction of sp³-hybridized carbons (Fsp3) is 0.500. The van der Waals surface area contributed by atoms with Crippen molar-refractivity contribution in [1.82, 2.24) is 10.3 Å². The van der Waals surface area contributed by atoms with Gasteiger partial charge in [-0.05, 0) is 24.3 Å². The largest absolute Gasteiger partial charge is 0.350 e. The van der Waals surface area contributed by atoms with E-state index in [2.05, 4.69) is 27.8 Å². The van der Waals surface area contributed by atoms with Gasteiger partial charge in [-0.2, -0.15) is 0 Å². The fourth-order valence-electron chi connectivity index (χ4n) is 3.17. The first-order valence-corrected chi connectivity index (χ1v) is 9.46. The van der Waals surface area contributed by atoms with E-state index in [4.69, 9.17) is 5.73 Å². The van der Waals surface area contributed by atoms with Crippen molar-refractivity contribution in [2.75, 3.05) is 6.54 Å². The number of nitrogens with two attached hydrogens (primary N) is 1. The van der Waals surface area contributed by atoms with Crippen LogP contribution < -0.4 is 11.1 Å². The zero-order chi connectivity index (χ0) is 15.4. The Morgan fingerprint density at radius 2 is 2.14 bits per heavy atom. The van der Waals surface area contributed by atoms with Crippen LogP contribution in [-0.4, -0.2) is 17.4 Å². The molecule has 1 saturated carbocycles. The lowest BCUT2D eigenvalue weighted by atomic mass is 9.73. The first-order chi connectivity index (χ1) is 10.7. The maximum atomic E-state index is 12.3. The molecule has 22 heavy (non-hydrogen) atoms. The molecule has 3 N–H and O–H groups in total. The second-order valence-corrected chi connectivity index (χ2v) is 7.72. The number of carbonyl (C=O) groups excluding carboxylic acids is 1. The molecule has 1 aliphatic rings. The van der Waals surface area contributed by atoms with Crippen molar-refractivity contribution in [1.29, 1.82) is 0 Å². The molecule has 0 spiro atoms. The van der Waals surface area contributed by atoms with Crippen LogP contribution in [0.25, 0.3) is 0 Å². The fourth-order valence-corrected chi connectivity index (χ4v) is 4.81. The number of nitrogens with one attached hydrogen (secondary N) is 1. The van der Waals surface area contributed by atoms with E-state index in [0.717, 1.165) is 17.8 Å². The molecule has 2 heterocycles. The predicted molar refractivity (Wildman–Crippen MR) is 91.4 cm³/mol. The molecule has 1 aliphatic carbocycles. The number of rotatable bonds is 5. The maximum Gasteiger partial charge on any atom is 0.270 e. The highest BCUT2D eigenvalue weighted by atomic mass is 32.1. The first kappa shape index (κ1) is 15.6. The molecule has 3 rings (SSSR count). The molecule has 0 aliphatic heterocycles. The van der Waals surface area contributed by atoms with Gasteiger partial charge in [0, 0.05) is 28.8 Å². The van der Waals surface area contributed by atoms with Crippen LogP contribution in [0.4, 0.5) is 0 Å². The third kappa shape index (κ3) is 3.24. The van der Waals surface area contributed by atoms with Crippen LogP contribution >= 0.6 is 22.7 Å². The summed E-state index contributed by atoms with van der Waals surface area (Å²) in [5, 5.41) is 7.82. The Balaban J connectivity index is 1.70. The normalized spacial score (nSPS) is 17.3. The molecule has 0 saturated heterocycles. The van der Waals surface area contributed by atoms with Gasteiger partial charge in [0.05, 0.1) is 0 Å². The molecule has 0 radical (unpaired) electrons. The van der Waals surface area contributed by atoms with Crippen LogP contribution in [-0.2, 0) is 12.0 Å². The van der Waals surface area contributed by atoms with E-state index in [0.29, 0.717) is 18.8 Å². The van der Waals surface area contributed by atoms with Crippen molar-refractivity contribution in [2.24, 2.45) is 5.73 Å². The summed E-state index contributed by atoms with van der Waals surface area (Å²) < 4.78 is 0. The van der Waals surface area contributed by atoms with Crippen molar-refractivity contribution >= 4 is 28.6 Å². The molecule has 0 atom stereocenters. The van der Waals surface area contributed by atoms with E-state index < -0.39 is 0 Å². The molecule has 0 bridgehead atoms. The topological polar surface area (TPSA) is 68.0 Å². The van der Waals surface area contributed by atoms with Crippen molar-refractivity contribution in [3.8, 4) is 0 Å². The highest BCUT2D eigenvalue weighted by Crippen LogP contribution is 2.41. The molecule has 6 heteroatoms.